The minimum atomic E-state index is 0.600. The molecule has 0 spiro atoms. The molecule has 0 bridgehead atoms. The van der Waals surface area contributed by atoms with E-state index in [2.05, 4.69) is 46.6 Å². The van der Waals surface area contributed by atoms with Gasteiger partial charge in [0.1, 0.15) is 0 Å². The maximum atomic E-state index is 5.91. The first-order valence-corrected chi connectivity index (χ1v) is 6.40. The van der Waals surface area contributed by atoms with Crippen LogP contribution in [0.1, 0.15) is 11.1 Å². The van der Waals surface area contributed by atoms with Gasteiger partial charge in [-0.2, -0.15) is 4.98 Å². The maximum absolute atomic E-state index is 5.91. The highest BCUT2D eigenvalue weighted by molar-refractivity contribution is 6.30. The minimum Gasteiger partial charge on any atom is -0.349 e. The number of aryl methyl sites for hydroxylation is 1. The van der Waals surface area contributed by atoms with Crippen molar-refractivity contribution in [3.05, 3.63) is 58.7 Å². The van der Waals surface area contributed by atoms with Crippen LogP contribution in [0.4, 0.5) is 5.95 Å². The SMILES string of the molecule is Cc1ccc(CNc2nc3ccc(Cl)cn3n2)cc1. The molecule has 0 atom stereocenters. The van der Waals surface area contributed by atoms with E-state index in [-0.39, 0.29) is 0 Å². The first-order valence-electron chi connectivity index (χ1n) is 6.02. The van der Waals surface area contributed by atoms with E-state index in [9.17, 15) is 0 Å². The Morgan fingerprint density at radius 2 is 1.95 bits per heavy atom. The van der Waals surface area contributed by atoms with Crippen LogP contribution in [0.2, 0.25) is 5.02 Å². The molecule has 19 heavy (non-hydrogen) atoms. The monoisotopic (exact) mass is 272 g/mol. The van der Waals surface area contributed by atoms with Gasteiger partial charge >= 0.3 is 0 Å². The zero-order chi connectivity index (χ0) is 13.2. The largest absolute Gasteiger partial charge is 0.349 e. The van der Waals surface area contributed by atoms with E-state index in [1.165, 1.54) is 11.1 Å². The second-order valence-electron chi connectivity index (χ2n) is 4.42. The zero-order valence-electron chi connectivity index (χ0n) is 10.5. The molecule has 0 aliphatic rings. The average Bonchev–Trinajstić information content (AvgIpc) is 2.80. The molecule has 0 aliphatic carbocycles. The van der Waals surface area contributed by atoms with Crippen molar-refractivity contribution in [2.45, 2.75) is 13.5 Å². The third-order valence-electron chi connectivity index (χ3n) is 2.87. The van der Waals surface area contributed by atoms with E-state index < -0.39 is 0 Å². The summed E-state index contributed by atoms with van der Waals surface area (Å²) in [5.74, 6) is 0.600. The van der Waals surface area contributed by atoms with Crippen molar-refractivity contribution in [1.29, 1.82) is 0 Å². The number of nitrogens with zero attached hydrogens (tertiary/aromatic N) is 3. The molecule has 5 heteroatoms. The van der Waals surface area contributed by atoms with Crippen LogP contribution in [0.3, 0.4) is 0 Å². The molecule has 0 saturated carbocycles. The minimum absolute atomic E-state index is 0.600. The summed E-state index contributed by atoms with van der Waals surface area (Å²) in [5.41, 5.74) is 3.22. The fraction of sp³-hybridized carbons (Fsp3) is 0.143. The Morgan fingerprint density at radius 3 is 2.74 bits per heavy atom. The number of fused-ring (bicyclic) bond motifs is 1. The zero-order valence-corrected chi connectivity index (χ0v) is 11.2. The van der Waals surface area contributed by atoms with Gasteiger partial charge in [0.2, 0.25) is 5.95 Å². The summed E-state index contributed by atoms with van der Waals surface area (Å²) in [5, 5.41) is 8.16. The number of anilines is 1. The van der Waals surface area contributed by atoms with Crippen LogP contribution in [-0.4, -0.2) is 14.6 Å². The predicted molar refractivity (Wildman–Crippen MR) is 76.5 cm³/mol. The van der Waals surface area contributed by atoms with Gasteiger partial charge in [-0.3, -0.25) is 0 Å². The molecule has 1 N–H and O–H groups in total. The van der Waals surface area contributed by atoms with Gasteiger partial charge in [0, 0.05) is 12.7 Å². The Kier molecular flexibility index (Phi) is 3.09. The summed E-state index contributed by atoms with van der Waals surface area (Å²) in [6.07, 6.45) is 1.74. The lowest BCUT2D eigenvalue weighted by Crippen LogP contribution is -2.01. The Hall–Kier alpha value is -2.07. The van der Waals surface area contributed by atoms with Gasteiger partial charge in [-0.1, -0.05) is 41.4 Å². The molecule has 2 aromatic heterocycles. The van der Waals surface area contributed by atoms with E-state index in [0.717, 1.165) is 5.65 Å². The molecule has 0 saturated heterocycles. The van der Waals surface area contributed by atoms with Crippen LogP contribution in [-0.2, 0) is 6.54 Å². The van der Waals surface area contributed by atoms with Gasteiger partial charge in [0.05, 0.1) is 5.02 Å². The van der Waals surface area contributed by atoms with Crippen molar-refractivity contribution in [2.75, 3.05) is 5.32 Å². The lowest BCUT2D eigenvalue weighted by molar-refractivity contribution is 0.950. The highest BCUT2D eigenvalue weighted by atomic mass is 35.5. The van der Waals surface area contributed by atoms with Gasteiger partial charge in [-0.05, 0) is 24.6 Å². The highest BCUT2D eigenvalue weighted by Crippen LogP contribution is 2.12. The van der Waals surface area contributed by atoms with Gasteiger partial charge in [0.25, 0.3) is 0 Å². The molecule has 96 valence electrons. The molecule has 0 amide bonds. The highest BCUT2D eigenvalue weighted by Gasteiger charge is 2.03. The Labute approximate surface area is 116 Å². The summed E-state index contributed by atoms with van der Waals surface area (Å²) in [7, 11) is 0. The van der Waals surface area contributed by atoms with Crippen LogP contribution < -0.4 is 5.32 Å². The number of rotatable bonds is 3. The van der Waals surface area contributed by atoms with Gasteiger partial charge in [-0.25, -0.2) is 4.52 Å². The summed E-state index contributed by atoms with van der Waals surface area (Å²) in [6, 6.07) is 12.0. The third kappa shape index (κ3) is 2.69. The first kappa shape index (κ1) is 12.0. The topological polar surface area (TPSA) is 42.2 Å². The summed E-state index contributed by atoms with van der Waals surface area (Å²) in [6.45, 7) is 2.77. The number of aromatic nitrogens is 3. The van der Waals surface area contributed by atoms with Crippen molar-refractivity contribution in [3.8, 4) is 0 Å². The standard InChI is InChI=1S/C14H13ClN4/c1-10-2-4-11(5-3-10)8-16-14-17-13-7-6-12(15)9-19(13)18-14/h2-7,9H,8H2,1H3,(H,16,18). The number of benzene rings is 1. The first-order chi connectivity index (χ1) is 9.20. The smallest absolute Gasteiger partial charge is 0.243 e. The van der Waals surface area contributed by atoms with E-state index in [1.54, 1.807) is 16.8 Å². The fourth-order valence-corrected chi connectivity index (χ4v) is 1.98. The van der Waals surface area contributed by atoms with Crippen molar-refractivity contribution in [3.63, 3.8) is 0 Å². The second-order valence-corrected chi connectivity index (χ2v) is 4.86. The number of hydrogen-bond acceptors (Lipinski definition) is 3. The van der Waals surface area contributed by atoms with Gasteiger partial charge in [-0.15, -0.1) is 5.10 Å². The van der Waals surface area contributed by atoms with Crippen LogP contribution >= 0.6 is 11.6 Å². The molecule has 2 heterocycles. The molecule has 0 fully saturated rings. The van der Waals surface area contributed by atoms with E-state index in [4.69, 9.17) is 11.6 Å². The average molecular weight is 273 g/mol. The van der Waals surface area contributed by atoms with Crippen LogP contribution in [0.15, 0.2) is 42.6 Å². The van der Waals surface area contributed by atoms with Gasteiger partial charge < -0.3 is 5.32 Å². The van der Waals surface area contributed by atoms with Crippen molar-refractivity contribution in [1.82, 2.24) is 14.6 Å². The Morgan fingerprint density at radius 1 is 1.16 bits per heavy atom. The second kappa shape index (κ2) is 4.90. The maximum Gasteiger partial charge on any atom is 0.243 e. The normalized spacial score (nSPS) is 10.8. The molecule has 3 aromatic rings. The van der Waals surface area contributed by atoms with Crippen molar-refractivity contribution < 1.29 is 0 Å². The lowest BCUT2D eigenvalue weighted by atomic mass is 10.1. The summed E-state index contributed by atoms with van der Waals surface area (Å²) in [4.78, 5) is 4.37. The lowest BCUT2D eigenvalue weighted by Gasteiger charge is -2.02. The molecule has 3 rings (SSSR count). The molecule has 1 aromatic carbocycles. The molecule has 0 radical (unpaired) electrons. The van der Waals surface area contributed by atoms with E-state index >= 15 is 0 Å². The molecular weight excluding hydrogens is 260 g/mol. The van der Waals surface area contributed by atoms with E-state index in [1.807, 2.05) is 6.07 Å². The Balaban J connectivity index is 1.76. The number of hydrogen-bond donors (Lipinski definition) is 1. The third-order valence-corrected chi connectivity index (χ3v) is 3.09. The summed E-state index contributed by atoms with van der Waals surface area (Å²) < 4.78 is 1.67. The number of pyridine rings is 1. The van der Waals surface area contributed by atoms with Crippen LogP contribution in [0.25, 0.3) is 5.65 Å². The van der Waals surface area contributed by atoms with Crippen molar-refractivity contribution in [2.24, 2.45) is 0 Å². The van der Waals surface area contributed by atoms with Gasteiger partial charge in [0.15, 0.2) is 5.65 Å². The quantitative estimate of drug-likeness (QED) is 0.795. The summed E-state index contributed by atoms with van der Waals surface area (Å²) >= 11 is 5.91. The molecular formula is C14H13ClN4. The number of halogens is 1. The molecule has 0 aliphatic heterocycles. The molecule has 0 unspecified atom stereocenters. The van der Waals surface area contributed by atoms with Crippen LogP contribution in [0, 0.1) is 6.92 Å². The van der Waals surface area contributed by atoms with Crippen molar-refractivity contribution >= 4 is 23.2 Å². The van der Waals surface area contributed by atoms with E-state index in [0.29, 0.717) is 17.5 Å². The van der Waals surface area contributed by atoms with Crippen LogP contribution in [0.5, 0.6) is 0 Å². The predicted octanol–water partition coefficient (Wildman–Crippen LogP) is 3.30. The molecule has 4 nitrogen and oxygen atoms in total. The Bertz CT molecular complexity index is 703. The fourth-order valence-electron chi connectivity index (χ4n) is 1.82. The number of nitrogens with one attached hydrogen (secondary N) is 1.